The van der Waals surface area contributed by atoms with Gasteiger partial charge in [-0.3, -0.25) is 9.59 Å². The predicted octanol–water partition coefficient (Wildman–Crippen LogP) is 5.02. The van der Waals surface area contributed by atoms with E-state index < -0.39 is 0 Å². The summed E-state index contributed by atoms with van der Waals surface area (Å²) < 4.78 is 10.7. The SMILES string of the molecule is CC1=C(COC(=O)CCCC(=O)OCC2=C(C)CCCC2)CCCC1. The average Bonchev–Trinajstić information content (AvgIpc) is 2.60. The van der Waals surface area contributed by atoms with Gasteiger partial charge in [-0.15, -0.1) is 0 Å². The van der Waals surface area contributed by atoms with E-state index in [0.29, 0.717) is 19.6 Å². The first-order valence-corrected chi connectivity index (χ1v) is 9.72. The zero-order valence-electron chi connectivity index (χ0n) is 15.8. The number of hydrogen-bond donors (Lipinski definition) is 0. The van der Waals surface area contributed by atoms with Gasteiger partial charge in [-0.2, -0.15) is 0 Å². The van der Waals surface area contributed by atoms with Gasteiger partial charge in [-0.1, -0.05) is 11.1 Å². The highest BCUT2D eigenvalue weighted by atomic mass is 16.5. The van der Waals surface area contributed by atoms with Crippen LogP contribution in [0.3, 0.4) is 0 Å². The zero-order valence-corrected chi connectivity index (χ0v) is 15.8. The van der Waals surface area contributed by atoms with Gasteiger partial charge in [-0.05, 0) is 82.8 Å². The first kappa shape index (κ1) is 19.7. The summed E-state index contributed by atoms with van der Waals surface area (Å²) in [6.45, 7) is 5.09. The first-order chi connectivity index (χ1) is 12.1. The minimum atomic E-state index is -0.218. The van der Waals surface area contributed by atoms with Crippen LogP contribution in [-0.4, -0.2) is 25.2 Å². The summed E-state index contributed by atoms with van der Waals surface area (Å²) in [5, 5.41) is 0. The molecule has 0 amide bonds. The van der Waals surface area contributed by atoms with Crippen LogP contribution in [0.25, 0.3) is 0 Å². The standard InChI is InChI=1S/C21H32O4/c1-16-8-3-5-10-18(16)14-24-20(22)12-7-13-21(23)25-15-19-11-6-4-9-17(19)2/h3-15H2,1-2H3. The van der Waals surface area contributed by atoms with Crippen molar-refractivity contribution in [1.82, 2.24) is 0 Å². The Morgan fingerprint density at radius 3 is 1.52 bits per heavy atom. The number of esters is 2. The fourth-order valence-electron chi connectivity index (χ4n) is 3.48. The molecule has 0 unspecified atom stereocenters. The molecule has 2 rings (SSSR count). The third kappa shape index (κ3) is 7.05. The number of allylic oxidation sites excluding steroid dienone is 2. The summed E-state index contributed by atoms with van der Waals surface area (Å²) in [4.78, 5) is 23.6. The van der Waals surface area contributed by atoms with E-state index in [1.807, 2.05) is 0 Å². The van der Waals surface area contributed by atoms with E-state index in [0.717, 1.165) is 25.7 Å². The van der Waals surface area contributed by atoms with Crippen molar-refractivity contribution in [2.75, 3.05) is 13.2 Å². The lowest BCUT2D eigenvalue weighted by Gasteiger charge is -2.18. The maximum Gasteiger partial charge on any atom is 0.306 e. The number of carbonyl (C=O) groups is 2. The molecule has 0 N–H and O–H groups in total. The van der Waals surface area contributed by atoms with Crippen LogP contribution in [-0.2, 0) is 19.1 Å². The van der Waals surface area contributed by atoms with Crippen LogP contribution in [0.4, 0.5) is 0 Å². The van der Waals surface area contributed by atoms with E-state index in [2.05, 4.69) is 13.8 Å². The van der Waals surface area contributed by atoms with Gasteiger partial charge in [0.2, 0.25) is 0 Å². The Balaban J connectivity index is 1.58. The Morgan fingerprint density at radius 1 is 0.720 bits per heavy atom. The molecule has 0 saturated carbocycles. The largest absolute Gasteiger partial charge is 0.461 e. The molecule has 4 nitrogen and oxygen atoms in total. The van der Waals surface area contributed by atoms with Crippen molar-refractivity contribution < 1.29 is 19.1 Å². The van der Waals surface area contributed by atoms with E-state index >= 15 is 0 Å². The normalized spacial score (nSPS) is 18.3. The molecule has 0 aromatic rings. The number of carbonyl (C=O) groups excluding carboxylic acids is 2. The Morgan fingerprint density at radius 2 is 1.12 bits per heavy atom. The van der Waals surface area contributed by atoms with Gasteiger partial charge >= 0.3 is 11.9 Å². The van der Waals surface area contributed by atoms with Gasteiger partial charge in [0.05, 0.1) is 0 Å². The molecule has 2 aliphatic rings. The van der Waals surface area contributed by atoms with Crippen molar-refractivity contribution in [1.29, 1.82) is 0 Å². The highest BCUT2D eigenvalue weighted by molar-refractivity contribution is 5.72. The van der Waals surface area contributed by atoms with Gasteiger partial charge in [0, 0.05) is 12.8 Å². The Bertz CT molecular complexity index is 494. The van der Waals surface area contributed by atoms with E-state index in [9.17, 15) is 9.59 Å². The van der Waals surface area contributed by atoms with Crippen LogP contribution in [0.2, 0.25) is 0 Å². The predicted molar refractivity (Wildman–Crippen MR) is 98.1 cm³/mol. The highest BCUT2D eigenvalue weighted by Crippen LogP contribution is 2.25. The van der Waals surface area contributed by atoms with Gasteiger partial charge in [0.1, 0.15) is 13.2 Å². The molecule has 2 aliphatic carbocycles. The minimum absolute atomic E-state index is 0.218. The maximum absolute atomic E-state index is 11.8. The molecule has 0 aromatic carbocycles. The molecular formula is C21H32O4. The highest BCUT2D eigenvalue weighted by Gasteiger charge is 2.14. The first-order valence-electron chi connectivity index (χ1n) is 9.72. The Kier molecular flexibility index (Phi) is 8.23. The number of ether oxygens (including phenoxy) is 2. The summed E-state index contributed by atoms with van der Waals surface area (Å²) in [6.07, 6.45) is 10.2. The minimum Gasteiger partial charge on any atom is -0.461 e. The summed E-state index contributed by atoms with van der Waals surface area (Å²) >= 11 is 0. The van der Waals surface area contributed by atoms with Crippen molar-refractivity contribution in [3.8, 4) is 0 Å². The monoisotopic (exact) mass is 348 g/mol. The van der Waals surface area contributed by atoms with Gasteiger partial charge in [0.15, 0.2) is 0 Å². The summed E-state index contributed by atoms with van der Waals surface area (Å²) in [5.41, 5.74) is 5.29. The molecule has 140 valence electrons. The Hall–Kier alpha value is -1.58. The molecule has 0 heterocycles. The van der Waals surface area contributed by atoms with Gasteiger partial charge < -0.3 is 9.47 Å². The summed E-state index contributed by atoms with van der Waals surface area (Å²) in [5.74, 6) is -0.436. The smallest absolute Gasteiger partial charge is 0.306 e. The van der Waals surface area contributed by atoms with E-state index in [4.69, 9.17) is 9.47 Å². The summed E-state index contributed by atoms with van der Waals surface area (Å²) in [7, 11) is 0. The third-order valence-electron chi connectivity index (χ3n) is 5.34. The molecule has 0 bridgehead atoms. The van der Waals surface area contributed by atoms with Crippen LogP contribution in [0.15, 0.2) is 22.3 Å². The van der Waals surface area contributed by atoms with Crippen LogP contribution in [0, 0.1) is 0 Å². The number of hydrogen-bond acceptors (Lipinski definition) is 4. The lowest BCUT2D eigenvalue weighted by molar-refractivity contribution is -0.144. The molecule has 0 aliphatic heterocycles. The molecular weight excluding hydrogens is 316 g/mol. The molecule has 0 aromatic heterocycles. The molecule has 0 spiro atoms. The van der Waals surface area contributed by atoms with Gasteiger partial charge in [-0.25, -0.2) is 0 Å². The molecule has 0 atom stereocenters. The van der Waals surface area contributed by atoms with Crippen LogP contribution < -0.4 is 0 Å². The van der Waals surface area contributed by atoms with E-state index in [1.54, 1.807) is 0 Å². The quantitative estimate of drug-likeness (QED) is 0.456. The fraction of sp³-hybridized carbons (Fsp3) is 0.714. The van der Waals surface area contributed by atoms with E-state index in [1.165, 1.54) is 48.0 Å². The third-order valence-corrected chi connectivity index (χ3v) is 5.34. The van der Waals surface area contributed by atoms with Crippen LogP contribution >= 0.6 is 0 Å². The van der Waals surface area contributed by atoms with Crippen molar-refractivity contribution in [3.05, 3.63) is 22.3 Å². The van der Waals surface area contributed by atoms with Crippen molar-refractivity contribution in [3.63, 3.8) is 0 Å². The van der Waals surface area contributed by atoms with Crippen molar-refractivity contribution >= 4 is 11.9 Å². The van der Waals surface area contributed by atoms with Gasteiger partial charge in [0.25, 0.3) is 0 Å². The lowest BCUT2D eigenvalue weighted by Crippen LogP contribution is -2.13. The summed E-state index contributed by atoms with van der Waals surface area (Å²) in [6, 6.07) is 0. The van der Waals surface area contributed by atoms with Crippen molar-refractivity contribution in [2.45, 2.75) is 84.5 Å². The molecule has 0 saturated heterocycles. The topological polar surface area (TPSA) is 52.6 Å². The second-order valence-electron chi connectivity index (χ2n) is 7.36. The van der Waals surface area contributed by atoms with Crippen molar-refractivity contribution in [2.24, 2.45) is 0 Å². The Labute approximate surface area is 151 Å². The maximum atomic E-state index is 11.8. The second-order valence-corrected chi connectivity index (χ2v) is 7.36. The number of rotatable bonds is 8. The lowest BCUT2D eigenvalue weighted by atomic mass is 9.93. The van der Waals surface area contributed by atoms with Crippen LogP contribution in [0.5, 0.6) is 0 Å². The molecule has 0 fully saturated rings. The average molecular weight is 348 g/mol. The molecule has 4 heteroatoms. The fourth-order valence-corrected chi connectivity index (χ4v) is 3.48. The molecule has 25 heavy (non-hydrogen) atoms. The second kappa shape index (κ2) is 10.4. The molecule has 0 radical (unpaired) electrons. The zero-order chi connectivity index (χ0) is 18.1. The van der Waals surface area contributed by atoms with E-state index in [-0.39, 0.29) is 24.8 Å². The van der Waals surface area contributed by atoms with Crippen LogP contribution in [0.1, 0.15) is 84.5 Å².